The highest BCUT2D eigenvalue weighted by molar-refractivity contribution is 7.99. The molecule has 1 N–H and O–H groups in total. The molecule has 1 aromatic rings. The summed E-state index contributed by atoms with van der Waals surface area (Å²) >= 11 is 1.88. The number of rotatable bonds is 7. The van der Waals surface area contributed by atoms with Gasteiger partial charge in [0.2, 0.25) is 0 Å². The molecule has 3 nitrogen and oxygen atoms in total. The van der Waals surface area contributed by atoms with Crippen molar-refractivity contribution in [2.45, 2.75) is 37.6 Å². The molecule has 0 aliphatic carbocycles. The monoisotopic (exact) mass is 281 g/mol. The molecule has 0 amide bonds. The molecule has 2 rings (SSSR count). The minimum Gasteiger partial charge on any atom is -0.486 e. The Bertz CT molecular complexity index is 398. The average Bonchev–Trinajstić information content (AvgIpc) is 2.47. The number of ether oxygens (including phenoxy) is 2. The van der Waals surface area contributed by atoms with E-state index in [9.17, 15) is 0 Å². The summed E-state index contributed by atoms with van der Waals surface area (Å²) in [7, 11) is 0. The van der Waals surface area contributed by atoms with Gasteiger partial charge in [-0.2, -0.15) is 0 Å². The van der Waals surface area contributed by atoms with Crippen molar-refractivity contribution in [2.75, 3.05) is 25.5 Å². The summed E-state index contributed by atoms with van der Waals surface area (Å²) in [5.41, 5.74) is 0. The van der Waals surface area contributed by atoms with Crippen LogP contribution in [-0.4, -0.2) is 31.6 Å². The van der Waals surface area contributed by atoms with Gasteiger partial charge in [-0.1, -0.05) is 13.8 Å². The Hall–Kier alpha value is -0.870. The van der Waals surface area contributed by atoms with Crippen molar-refractivity contribution in [3.8, 4) is 11.5 Å². The molecule has 19 heavy (non-hydrogen) atoms. The minimum absolute atomic E-state index is 0.582. The number of hydrogen-bond acceptors (Lipinski definition) is 4. The van der Waals surface area contributed by atoms with Crippen molar-refractivity contribution >= 4 is 11.8 Å². The number of nitrogens with one attached hydrogen (secondary N) is 1. The van der Waals surface area contributed by atoms with Gasteiger partial charge in [0.15, 0.2) is 11.5 Å². The lowest BCUT2D eigenvalue weighted by atomic mass is 10.2. The molecule has 1 aliphatic heterocycles. The second kappa shape index (κ2) is 7.65. The average molecular weight is 281 g/mol. The van der Waals surface area contributed by atoms with Crippen molar-refractivity contribution in [1.29, 1.82) is 0 Å². The highest BCUT2D eigenvalue weighted by Crippen LogP contribution is 2.34. The Balaban J connectivity index is 1.88. The van der Waals surface area contributed by atoms with Crippen molar-refractivity contribution < 1.29 is 9.47 Å². The van der Waals surface area contributed by atoms with Crippen molar-refractivity contribution in [2.24, 2.45) is 0 Å². The van der Waals surface area contributed by atoms with Crippen molar-refractivity contribution in [3.05, 3.63) is 18.2 Å². The topological polar surface area (TPSA) is 30.5 Å². The van der Waals surface area contributed by atoms with Crippen molar-refractivity contribution in [1.82, 2.24) is 5.32 Å². The second-order valence-corrected chi connectivity index (χ2v) is 5.77. The lowest BCUT2D eigenvalue weighted by Gasteiger charge is -2.19. The summed E-state index contributed by atoms with van der Waals surface area (Å²) in [6.07, 6.45) is 2.35. The summed E-state index contributed by atoms with van der Waals surface area (Å²) in [5, 5.41) is 3.57. The van der Waals surface area contributed by atoms with Crippen LogP contribution in [0.1, 0.15) is 26.7 Å². The molecular weight excluding hydrogens is 258 g/mol. The van der Waals surface area contributed by atoms with E-state index in [0.29, 0.717) is 19.3 Å². The molecule has 0 spiro atoms. The van der Waals surface area contributed by atoms with E-state index in [-0.39, 0.29) is 0 Å². The van der Waals surface area contributed by atoms with Crippen LogP contribution in [-0.2, 0) is 0 Å². The molecule has 1 aliphatic rings. The molecule has 0 saturated carbocycles. The lowest BCUT2D eigenvalue weighted by molar-refractivity contribution is 0.171. The summed E-state index contributed by atoms with van der Waals surface area (Å²) in [6, 6.07) is 6.80. The van der Waals surface area contributed by atoms with E-state index in [2.05, 4.69) is 31.3 Å². The fourth-order valence-electron chi connectivity index (χ4n) is 1.98. The fraction of sp³-hybridized carbons (Fsp3) is 0.600. The van der Waals surface area contributed by atoms with Gasteiger partial charge in [0.05, 0.1) is 0 Å². The van der Waals surface area contributed by atoms with Crippen LogP contribution in [0.25, 0.3) is 0 Å². The van der Waals surface area contributed by atoms with Crippen LogP contribution in [0.5, 0.6) is 11.5 Å². The first-order chi connectivity index (χ1) is 9.33. The quantitative estimate of drug-likeness (QED) is 0.777. The Morgan fingerprint density at radius 2 is 2.00 bits per heavy atom. The Morgan fingerprint density at radius 3 is 2.74 bits per heavy atom. The van der Waals surface area contributed by atoms with Gasteiger partial charge in [0.25, 0.3) is 0 Å². The summed E-state index contributed by atoms with van der Waals surface area (Å²) < 4.78 is 11.1. The molecule has 1 atom stereocenters. The normalized spacial score (nSPS) is 15.3. The molecule has 1 aromatic carbocycles. The fourth-order valence-corrected chi connectivity index (χ4v) is 3.08. The highest BCUT2D eigenvalue weighted by atomic mass is 32.2. The predicted molar refractivity (Wildman–Crippen MR) is 80.5 cm³/mol. The van der Waals surface area contributed by atoms with Gasteiger partial charge < -0.3 is 14.8 Å². The van der Waals surface area contributed by atoms with Crippen molar-refractivity contribution in [3.63, 3.8) is 0 Å². The smallest absolute Gasteiger partial charge is 0.162 e. The summed E-state index contributed by atoms with van der Waals surface area (Å²) in [5.74, 6) is 2.84. The molecule has 0 saturated heterocycles. The summed E-state index contributed by atoms with van der Waals surface area (Å²) in [6.45, 7) is 6.83. The Kier molecular flexibility index (Phi) is 5.86. The third-order valence-corrected chi connectivity index (χ3v) is 4.30. The molecule has 106 valence electrons. The van der Waals surface area contributed by atoms with E-state index >= 15 is 0 Å². The van der Waals surface area contributed by atoms with E-state index in [1.807, 2.05) is 17.8 Å². The zero-order valence-electron chi connectivity index (χ0n) is 11.8. The van der Waals surface area contributed by atoms with E-state index in [1.54, 1.807) is 0 Å². The van der Waals surface area contributed by atoms with E-state index in [4.69, 9.17) is 9.47 Å². The van der Waals surface area contributed by atoms with Gasteiger partial charge in [-0.25, -0.2) is 0 Å². The molecular formula is C15H23NO2S. The van der Waals surface area contributed by atoms with Crippen LogP contribution in [0.3, 0.4) is 0 Å². The van der Waals surface area contributed by atoms with Gasteiger partial charge in [0, 0.05) is 16.7 Å². The Labute approximate surface area is 120 Å². The maximum absolute atomic E-state index is 5.61. The first kappa shape index (κ1) is 14.5. The minimum atomic E-state index is 0.582. The van der Waals surface area contributed by atoms with Crippen LogP contribution in [0, 0.1) is 0 Å². The number of fused-ring (bicyclic) bond motifs is 1. The second-order valence-electron chi connectivity index (χ2n) is 4.68. The Morgan fingerprint density at radius 1 is 1.21 bits per heavy atom. The molecule has 1 unspecified atom stereocenters. The number of benzene rings is 1. The molecule has 1 heterocycles. The maximum atomic E-state index is 5.61. The lowest BCUT2D eigenvalue weighted by Crippen LogP contribution is -2.31. The van der Waals surface area contributed by atoms with Gasteiger partial charge in [-0.05, 0) is 37.6 Å². The van der Waals surface area contributed by atoms with Crippen LogP contribution in [0.15, 0.2) is 23.1 Å². The predicted octanol–water partition coefficient (Wildman–Crippen LogP) is 3.33. The van der Waals surface area contributed by atoms with Gasteiger partial charge in [-0.3, -0.25) is 0 Å². The number of thioether (sulfide) groups is 1. The zero-order valence-corrected chi connectivity index (χ0v) is 12.6. The number of hydrogen-bond donors (Lipinski definition) is 1. The molecule has 0 aromatic heterocycles. The molecule has 0 fully saturated rings. The summed E-state index contributed by atoms with van der Waals surface area (Å²) in [4.78, 5) is 1.25. The third kappa shape index (κ3) is 4.32. The van der Waals surface area contributed by atoms with E-state index in [1.165, 1.54) is 11.3 Å². The first-order valence-corrected chi connectivity index (χ1v) is 8.07. The molecule has 0 radical (unpaired) electrons. The van der Waals surface area contributed by atoms with Gasteiger partial charge in [-0.15, -0.1) is 11.8 Å². The van der Waals surface area contributed by atoms with Crippen LogP contribution >= 0.6 is 11.8 Å². The van der Waals surface area contributed by atoms with E-state index in [0.717, 1.165) is 30.2 Å². The highest BCUT2D eigenvalue weighted by Gasteiger charge is 2.12. The SMILES string of the molecule is CCCNC(CC)CSc1ccc2c(c1)OCCO2. The molecule has 4 heteroatoms. The van der Waals surface area contributed by atoms with Crippen LogP contribution in [0.4, 0.5) is 0 Å². The van der Waals surface area contributed by atoms with Gasteiger partial charge >= 0.3 is 0 Å². The molecule has 0 bridgehead atoms. The van der Waals surface area contributed by atoms with Crippen LogP contribution < -0.4 is 14.8 Å². The largest absolute Gasteiger partial charge is 0.486 e. The van der Waals surface area contributed by atoms with Gasteiger partial charge in [0.1, 0.15) is 13.2 Å². The van der Waals surface area contributed by atoms with Crippen LogP contribution in [0.2, 0.25) is 0 Å². The third-order valence-electron chi connectivity index (χ3n) is 3.14. The maximum Gasteiger partial charge on any atom is 0.162 e. The standard InChI is InChI=1S/C15H23NO2S/c1-3-7-16-12(4-2)11-19-13-5-6-14-15(10-13)18-9-8-17-14/h5-6,10,12,16H,3-4,7-9,11H2,1-2H3. The van der Waals surface area contributed by atoms with E-state index < -0.39 is 0 Å². The zero-order chi connectivity index (χ0) is 13.5. The first-order valence-electron chi connectivity index (χ1n) is 7.09.